The molecule has 1 aliphatic rings. The van der Waals surface area contributed by atoms with Crippen LogP contribution in [0.2, 0.25) is 0 Å². The number of thiocarbonyl (C=S) groups is 1. The second-order valence-corrected chi connectivity index (χ2v) is 3.57. The Morgan fingerprint density at radius 3 is 3.14 bits per heavy atom. The summed E-state index contributed by atoms with van der Waals surface area (Å²) in [6.45, 7) is 0. The molecule has 2 rings (SSSR count). The highest BCUT2D eigenvalue weighted by atomic mass is 32.1. The highest BCUT2D eigenvalue weighted by Gasteiger charge is 2.23. The summed E-state index contributed by atoms with van der Waals surface area (Å²) in [6, 6.07) is 5.28. The van der Waals surface area contributed by atoms with Gasteiger partial charge < -0.3 is 0 Å². The summed E-state index contributed by atoms with van der Waals surface area (Å²) in [5.74, 6) is -0.109. The van der Waals surface area contributed by atoms with Gasteiger partial charge in [-0.25, -0.2) is 4.39 Å². The largest absolute Gasteiger partial charge is 0.284 e. The molecule has 1 aromatic carbocycles. The first kappa shape index (κ1) is 9.46. The van der Waals surface area contributed by atoms with Crippen LogP contribution in [0.25, 0.3) is 0 Å². The van der Waals surface area contributed by atoms with E-state index in [4.69, 9.17) is 0 Å². The second-order valence-electron chi connectivity index (χ2n) is 3.30. The normalized spacial score (nSPS) is 19.9. The van der Waals surface area contributed by atoms with E-state index in [1.54, 1.807) is 12.3 Å². The third kappa shape index (κ3) is 1.60. The maximum absolute atomic E-state index is 13.3. The van der Waals surface area contributed by atoms with E-state index in [0.717, 1.165) is 24.0 Å². The van der Waals surface area contributed by atoms with Crippen LogP contribution in [0.5, 0.6) is 0 Å². The van der Waals surface area contributed by atoms with Gasteiger partial charge in [-0.05, 0) is 30.0 Å². The van der Waals surface area contributed by atoms with Crippen molar-refractivity contribution in [1.29, 1.82) is 0 Å². The van der Waals surface area contributed by atoms with Gasteiger partial charge in [0.05, 0.1) is 6.04 Å². The standard InChI is InChI=1S/C11H10FNS/c12-10-3-1-2-9-8(10)4-5-11(9)13-6-7-14/h1-3,6-7,11H,4-5H2. The summed E-state index contributed by atoms with van der Waals surface area (Å²) in [5.41, 5.74) is 1.83. The van der Waals surface area contributed by atoms with E-state index in [0.29, 0.717) is 0 Å². The zero-order chi connectivity index (χ0) is 9.97. The van der Waals surface area contributed by atoms with Crippen LogP contribution in [0.3, 0.4) is 0 Å². The lowest BCUT2D eigenvalue weighted by molar-refractivity contribution is 0.612. The van der Waals surface area contributed by atoms with Crippen LogP contribution >= 0.6 is 12.2 Å². The highest BCUT2D eigenvalue weighted by molar-refractivity contribution is 7.80. The van der Waals surface area contributed by atoms with Gasteiger partial charge in [0.15, 0.2) is 0 Å². The van der Waals surface area contributed by atoms with Crippen molar-refractivity contribution < 1.29 is 4.39 Å². The number of nitrogens with zero attached hydrogens (tertiary/aromatic N) is 1. The number of fused-ring (bicyclic) bond motifs is 1. The van der Waals surface area contributed by atoms with E-state index in [9.17, 15) is 4.39 Å². The van der Waals surface area contributed by atoms with Crippen LogP contribution in [0.4, 0.5) is 4.39 Å². The number of hydrogen-bond acceptors (Lipinski definition) is 2. The van der Waals surface area contributed by atoms with Crippen molar-refractivity contribution in [3.63, 3.8) is 0 Å². The molecular weight excluding hydrogens is 197 g/mol. The molecule has 0 bridgehead atoms. The summed E-state index contributed by atoms with van der Waals surface area (Å²) >= 11 is 4.66. The Hall–Kier alpha value is -1.09. The Kier molecular flexibility index (Phi) is 2.68. The predicted octanol–water partition coefficient (Wildman–Crippen LogP) is 2.88. The van der Waals surface area contributed by atoms with Crippen LogP contribution in [0.1, 0.15) is 23.6 Å². The number of aliphatic imine (C=N–C) groups is 1. The first-order valence-electron chi connectivity index (χ1n) is 4.57. The molecule has 3 heteroatoms. The Labute approximate surface area is 87.7 Å². The van der Waals surface area contributed by atoms with Crippen molar-refractivity contribution in [2.24, 2.45) is 4.99 Å². The lowest BCUT2D eigenvalue weighted by Crippen LogP contribution is -1.91. The maximum atomic E-state index is 13.3. The van der Waals surface area contributed by atoms with E-state index in [2.05, 4.69) is 17.2 Å². The van der Waals surface area contributed by atoms with Crippen molar-refractivity contribution in [2.45, 2.75) is 18.9 Å². The van der Waals surface area contributed by atoms with Crippen LogP contribution in [-0.2, 0) is 6.42 Å². The van der Waals surface area contributed by atoms with Crippen molar-refractivity contribution in [3.05, 3.63) is 35.1 Å². The van der Waals surface area contributed by atoms with E-state index in [-0.39, 0.29) is 11.9 Å². The molecule has 0 saturated heterocycles. The molecule has 0 aliphatic heterocycles. The molecule has 0 saturated carbocycles. The topological polar surface area (TPSA) is 12.4 Å². The summed E-state index contributed by atoms with van der Waals surface area (Å²) in [6.07, 6.45) is 3.28. The van der Waals surface area contributed by atoms with Gasteiger partial charge in [0, 0.05) is 11.6 Å². The van der Waals surface area contributed by atoms with Crippen LogP contribution in [0.15, 0.2) is 23.2 Å². The monoisotopic (exact) mass is 207 g/mol. The Balaban J connectivity index is 2.35. The van der Waals surface area contributed by atoms with E-state index >= 15 is 0 Å². The summed E-state index contributed by atoms with van der Waals surface area (Å²) in [4.78, 5) is 4.27. The van der Waals surface area contributed by atoms with E-state index < -0.39 is 0 Å². The Morgan fingerprint density at radius 1 is 1.50 bits per heavy atom. The fourth-order valence-corrected chi connectivity index (χ4v) is 1.95. The number of rotatable bonds is 2. The smallest absolute Gasteiger partial charge is 0.126 e. The minimum absolute atomic E-state index is 0.0971. The highest BCUT2D eigenvalue weighted by Crippen LogP contribution is 2.34. The van der Waals surface area contributed by atoms with Crippen molar-refractivity contribution in [2.75, 3.05) is 0 Å². The molecule has 1 aromatic rings. The van der Waals surface area contributed by atoms with E-state index in [1.807, 2.05) is 6.07 Å². The van der Waals surface area contributed by atoms with Crippen molar-refractivity contribution in [1.82, 2.24) is 0 Å². The van der Waals surface area contributed by atoms with Crippen LogP contribution in [0, 0.1) is 5.82 Å². The molecule has 0 amide bonds. The molecule has 14 heavy (non-hydrogen) atoms. The van der Waals surface area contributed by atoms with Gasteiger partial charge >= 0.3 is 0 Å². The molecule has 0 spiro atoms. The molecule has 1 atom stereocenters. The lowest BCUT2D eigenvalue weighted by atomic mass is 10.1. The fourth-order valence-electron chi connectivity index (χ4n) is 1.88. The van der Waals surface area contributed by atoms with Crippen LogP contribution < -0.4 is 0 Å². The number of hydrogen-bond donors (Lipinski definition) is 0. The number of halogens is 1. The summed E-state index contributed by atoms with van der Waals surface area (Å²) in [7, 11) is 0. The molecule has 0 heterocycles. The quantitative estimate of drug-likeness (QED) is 0.536. The summed E-state index contributed by atoms with van der Waals surface area (Å²) in [5, 5.41) is 1.48. The molecule has 72 valence electrons. The molecule has 1 nitrogen and oxygen atoms in total. The van der Waals surface area contributed by atoms with Gasteiger partial charge in [-0.15, -0.1) is 0 Å². The number of benzene rings is 1. The minimum atomic E-state index is -0.109. The van der Waals surface area contributed by atoms with Gasteiger partial charge in [0.25, 0.3) is 0 Å². The van der Waals surface area contributed by atoms with Crippen LogP contribution in [-0.4, -0.2) is 11.6 Å². The zero-order valence-electron chi connectivity index (χ0n) is 7.61. The van der Waals surface area contributed by atoms with Gasteiger partial charge in [-0.2, -0.15) is 0 Å². The van der Waals surface area contributed by atoms with Gasteiger partial charge in [0.2, 0.25) is 0 Å². The predicted molar refractivity (Wildman–Crippen MR) is 59.6 cm³/mol. The van der Waals surface area contributed by atoms with Gasteiger partial charge in [-0.3, -0.25) is 4.99 Å². The molecule has 0 fully saturated rings. The SMILES string of the molecule is Fc1cccc2c1CCC2N=CC=S. The molecule has 0 N–H and O–H groups in total. The Morgan fingerprint density at radius 2 is 2.36 bits per heavy atom. The van der Waals surface area contributed by atoms with Crippen molar-refractivity contribution in [3.8, 4) is 0 Å². The average molecular weight is 207 g/mol. The van der Waals surface area contributed by atoms with Crippen molar-refractivity contribution >= 4 is 23.8 Å². The molecular formula is C11H10FNS. The fraction of sp³-hybridized carbons (Fsp3) is 0.273. The zero-order valence-corrected chi connectivity index (χ0v) is 8.43. The lowest BCUT2D eigenvalue weighted by Gasteiger charge is -2.04. The minimum Gasteiger partial charge on any atom is -0.284 e. The van der Waals surface area contributed by atoms with Gasteiger partial charge in [0.1, 0.15) is 5.82 Å². The third-order valence-electron chi connectivity index (χ3n) is 2.51. The second kappa shape index (κ2) is 3.96. The first-order chi connectivity index (χ1) is 6.83. The molecule has 1 aliphatic carbocycles. The molecule has 0 radical (unpaired) electrons. The Bertz CT molecular complexity index is 387. The summed E-state index contributed by atoms with van der Waals surface area (Å²) < 4.78 is 13.3. The maximum Gasteiger partial charge on any atom is 0.126 e. The third-order valence-corrected chi connectivity index (χ3v) is 2.63. The average Bonchev–Trinajstić information content (AvgIpc) is 2.60. The molecule has 1 unspecified atom stereocenters. The molecule has 0 aromatic heterocycles. The van der Waals surface area contributed by atoms with E-state index in [1.165, 1.54) is 11.4 Å². The first-order valence-corrected chi connectivity index (χ1v) is 5.04. The van der Waals surface area contributed by atoms with Gasteiger partial charge in [-0.1, -0.05) is 24.4 Å².